The number of amides is 1. The van der Waals surface area contributed by atoms with Gasteiger partial charge in [0.25, 0.3) is 0 Å². The van der Waals surface area contributed by atoms with Crippen LogP contribution in [0.5, 0.6) is 0 Å². The third kappa shape index (κ3) is 6.94. The van der Waals surface area contributed by atoms with E-state index in [0.717, 1.165) is 48.1 Å². The Morgan fingerprint density at radius 2 is 1.81 bits per heavy atom. The molecule has 1 amide bonds. The minimum absolute atomic E-state index is 0. The Morgan fingerprint density at radius 1 is 1.09 bits per heavy atom. The molecule has 0 unspecified atom stereocenters. The molecule has 1 aromatic heterocycles. The molecular formula is C24H33IN6O. The Bertz CT molecular complexity index is 1040. The van der Waals surface area contributed by atoms with Crippen molar-refractivity contribution in [1.82, 2.24) is 20.2 Å². The zero-order valence-corrected chi connectivity index (χ0v) is 21.5. The molecule has 3 N–H and O–H groups in total. The normalized spacial score (nSPS) is 11.3. The number of carbonyl (C=O) groups excluding carboxylic acids is 1. The Labute approximate surface area is 207 Å². The lowest BCUT2D eigenvalue weighted by molar-refractivity contribution is -0.118. The van der Waals surface area contributed by atoms with Gasteiger partial charge in [-0.25, -0.2) is 4.98 Å². The zero-order valence-electron chi connectivity index (χ0n) is 19.2. The van der Waals surface area contributed by atoms with E-state index in [4.69, 9.17) is 0 Å². The monoisotopic (exact) mass is 548 g/mol. The van der Waals surface area contributed by atoms with Gasteiger partial charge < -0.3 is 20.5 Å². The van der Waals surface area contributed by atoms with Crippen LogP contribution in [-0.4, -0.2) is 35.0 Å². The van der Waals surface area contributed by atoms with Gasteiger partial charge in [0.05, 0.1) is 11.0 Å². The van der Waals surface area contributed by atoms with Gasteiger partial charge >= 0.3 is 0 Å². The smallest absolute Gasteiger partial charge is 0.226 e. The van der Waals surface area contributed by atoms with Crippen molar-refractivity contribution in [1.29, 1.82) is 0 Å². The number of aryl methyl sites for hydroxylation is 2. The molecule has 0 aliphatic heterocycles. The number of nitrogens with zero attached hydrogens (tertiary/aromatic N) is 3. The second-order valence-corrected chi connectivity index (χ2v) is 7.85. The Hall–Kier alpha value is -2.62. The summed E-state index contributed by atoms with van der Waals surface area (Å²) < 4.78 is 2.26. The number of para-hydroxylation sites is 2. The quantitative estimate of drug-likeness (QED) is 0.170. The lowest BCUT2D eigenvalue weighted by Crippen LogP contribution is -2.37. The maximum Gasteiger partial charge on any atom is 0.226 e. The summed E-state index contributed by atoms with van der Waals surface area (Å²) in [5, 5.41) is 9.60. The summed E-state index contributed by atoms with van der Waals surface area (Å²) in [6.45, 7) is 8.18. The standard InChI is InChI=1S/C24H32N6O.HI/c1-17(2)23(31)29-20-12-10-19(11-13-20)16-27-24(25-4)26-14-7-15-30-18(3)28-21-8-5-6-9-22(21)30;/h5-6,8-13,17H,7,14-16H2,1-4H3,(H,29,31)(H2,25,26,27);1H. The molecule has 3 rings (SSSR count). The van der Waals surface area contributed by atoms with Crippen molar-refractivity contribution in [3.05, 3.63) is 59.9 Å². The highest BCUT2D eigenvalue weighted by Gasteiger charge is 2.08. The summed E-state index contributed by atoms with van der Waals surface area (Å²) in [6, 6.07) is 16.1. The number of rotatable bonds is 8. The van der Waals surface area contributed by atoms with Crippen LogP contribution in [0, 0.1) is 12.8 Å². The van der Waals surface area contributed by atoms with E-state index in [1.165, 1.54) is 5.52 Å². The number of hydrogen-bond donors (Lipinski definition) is 3. The van der Waals surface area contributed by atoms with Gasteiger partial charge in [-0.2, -0.15) is 0 Å². The maximum atomic E-state index is 11.8. The summed E-state index contributed by atoms with van der Waals surface area (Å²) in [4.78, 5) is 20.7. The molecular weight excluding hydrogens is 515 g/mol. The largest absolute Gasteiger partial charge is 0.356 e. The van der Waals surface area contributed by atoms with E-state index in [1.807, 2.05) is 57.2 Å². The predicted octanol–water partition coefficient (Wildman–Crippen LogP) is 4.31. The van der Waals surface area contributed by atoms with Crippen LogP contribution >= 0.6 is 24.0 Å². The van der Waals surface area contributed by atoms with Crippen molar-refractivity contribution >= 4 is 52.6 Å². The van der Waals surface area contributed by atoms with E-state index in [2.05, 4.69) is 42.6 Å². The first-order chi connectivity index (χ1) is 15.0. The van der Waals surface area contributed by atoms with E-state index >= 15 is 0 Å². The fraction of sp³-hybridized carbons (Fsp3) is 0.375. The van der Waals surface area contributed by atoms with Crippen molar-refractivity contribution in [2.75, 3.05) is 18.9 Å². The summed E-state index contributed by atoms with van der Waals surface area (Å²) in [7, 11) is 1.77. The van der Waals surface area contributed by atoms with E-state index in [9.17, 15) is 4.79 Å². The Kier molecular flexibility index (Phi) is 9.96. The number of fused-ring (bicyclic) bond motifs is 1. The van der Waals surface area contributed by atoms with Crippen LogP contribution in [0.1, 0.15) is 31.7 Å². The predicted molar refractivity (Wildman–Crippen MR) is 143 cm³/mol. The maximum absolute atomic E-state index is 11.8. The number of imidazole rings is 1. The van der Waals surface area contributed by atoms with Crippen LogP contribution < -0.4 is 16.0 Å². The molecule has 0 radical (unpaired) electrons. The number of anilines is 1. The molecule has 3 aromatic rings. The topological polar surface area (TPSA) is 83.3 Å². The van der Waals surface area contributed by atoms with Gasteiger partial charge in [0.15, 0.2) is 5.96 Å². The average Bonchev–Trinajstić information content (AvgIpc) is 3.09. The molecule has 172 valence electrons. The van der Waals surface area contributed by atoms with Crippen LogP contribution in [0.4, 0.5) is 5.69 Å². The molecule has 1 heterocycles. The van der Waals surface area contributed by atoms with Crippen LogP contribution in [0.2, 0.25) is 0 Å². The molecule has 0 saturated heterocycles. The lowest BCUT2D eigenvalue weighted by Gasteiger charge is -2.13. The minimum atomic E-state index is -0.0350. The number of aromatic nitrogens is 2. The van der Waals surface area contributed by atoms with Gasteiger partial charge in [0.1, 0.15) is 5.82 Å². The first-order valence-corrected chi connectivity index (χ1v) is 10.7. The van der Waals surface area contributed by atoms with Crippen molar-refractivity contribution in [2.45, 2.75) is 40.3 Å². The SMILES string of the molecule is CN=C(NCCCn1c(C)nc2ccccc21)NCc1ccc(NC(=O)C(C)C)cc1.I. The van der Waals surface area contributed by atoms with Crippen molar-refractivity contribution < 1.29 is 4.79 Å². The van der Waals surface area contributed by atoms with Crippen molar-refractivity contribution in [3.8, 4) is 0 Å². The Morgan fingerprint density at radius 3 is 2.50 bits per heavy atom. The molecule has 0 saturated carbocycles. The van der Waals surface area contributed by atoms with Crippen molar-refractivity contribution in [3.63, 3.8) is 0 Å². The zero-order chi connectivity index (χ0) is 22.2. The summed E-state index contributed by atoms with van der Waals surface area (Å²) in [6.07, 6.45) is 0.964. The molecule has 0 atom stereocenters. The minimum Gasteiger partial charge on any atom is -0.356 e. The van der Waals surface area contributed by atoms with Gasteiger partial charge in [-0.1, -0.05) is 38.1 Å². The summed E-state index contributed by atoms with van der Waals surface area (Å²) >= 11 is 0. The number of benzene rings is 2. The fourth-order valence-corrected chi connectivity index (χ4v) is 3.32. The molecule has 0 aliphatic rings. The number of hydrogen-bond acceptors (Lipinski definition) is 3. The van der Waals surface area contributed by atoms with Crippen LogP contribution in [-0.2, 0) is 17.9 Å². The number of halogens is 1. The number of nitrogens with one attached hydrogen (secondary N) is 3. The second kappa shape index (κ2) is 12.4. The second-order valence-electron chi connectivity index (χ2n) is 7.85. The molecule has 0 fully saturated rings. The van der Waals surface area contributed by atoms with Gasteiger partial charge in [0, 0.05) is 38.3 Å². The van der Waals surface area contributed by atoms with Crippen LogP contribution in [0.25, 0.3) is 11.0 Å². The third-order valence-corrected chi connectivity index (χ3v) is 5.13. The molecule has 8 heteroatoms. The van der Waals surface area contributed by atoms with E-state index in [1.54, 1.807) is 7.05 Å². The fourth-order valence-electron chi connectivity index (χ4n) is 3.32. The number of guanidine groups is 1. The molecule has 7 nitrogen and oxygen atoms in total. The number of carbonyl (C=O) groups is 1. The van der Waals surface area contributed by atoms with Gasteiger partial charge in [-0.05, 0) is 43.2 Å². The highest BCUT2D eigenvalue weighted by molar-refractivity contribution is 14.0. The molecule has 0 aliphatic carbocycles. The molecule has 2 aromatic carbocycles. The molecule has 0 spiro atoms. The highest BCUT2D eigenvalue weighted by atomic mass is 127. The highest BCUT2D eigenvalue weighted by Crippen LogP contribution is 2.15. The van der Waals surface area contributed by atoms with Gasteiger partial charge in [0.2, 0.25) is 5.91 Å². The van der Waals surface area contributed by atoms with E-state index in [0.29, 0.717) is 6.54 Å². The third-order valence-electron chi connectivity index (χ3n) is 5.13. The van der Waals surface area contributed by atoms with Gasteiger partial charge in [-0.3, -0.25) is 9.79 Å². The van der Waals surface area contributed by atoms with Gasteiger partial charge in [-0.15, -0.1) is 24.0 Å². The number of aliphatic imine (C=N–C) groups is 1. The summed E-state index contributed by atoms with van der Waals surface area (Å²) in [5.41, 5.74) is 4.15. The lowest BCUT2D eigenvalue weighted by atomic mass is 10.1. The van der Waals surface area contributed by atoms with Crippen LogP contribution in [0.15, 0.2) is 53.5 Å². The van der Waals surface area contributed by atoms with E-state index in [-0.39, 0.29) is 35.8 Å². The molecule has 32 heavy (non-hydrogen) atoms. The molecule has 0 bridgehead atoms. The Balaban J connectivity index is 0.00000363. The van der Waals surface area contributed by atoms with E-state index < -0.39 is 0 Å². The van der Waals surface area contributed by atoms with Crippen LogP contribution in [0.3, 0.4) is 0 Å². The average molecular weight is 548 g/mol. The first kappa shape index (κ1) is 25.6. The summed E-state index contributed by atoms with van der Waals surface area (Å²) in [5.74, 6) is 1.79. The first-order valence-electron chi connectivity index (χ1n) is 10.7. The van der Waals surface area contributed by atoms with Crippen molar-refractivity contribution in [2.24, 2.45) is 10.9 Å².